The minimum atomic E-state index is -0.593. The normalized spacial score (nSPS) is 20.7. The van der Waals surface area contributed by atoms with E-state index < -0.39 is 10.8 Å². The molecule has 10 aliphatic rings. The molecule has 0 radical (unpaired) electrons. The SMILES string of the molecule is CNC(=O)c1ccc(Nc2ncc3c(n2)N([C@@H]2CCOC2)CC(C)(C)C(=O)N3C)c(OC)c1.CNC(=O)c1ccc(Nc2ncc3c(n2)N([C@H]2CCOC2)CC(C)(C)C(=O)N3C)c(OC)c1.COc1cc(C(=O)NC2CCOCC2)ccc1Nc1ncc2c(n1)N(C1CCCC1)C[C@@H](C)C(=O)N2C.COc1cc(C(=O)N[C@H]2CCOC2)ccc1Nc1ncc2c(n1)N(C1CCCC1)C[C@@H](C)C(=O)N2C. The van der Waals surface area contributed by atoms with Crippen LogP contribution < -0.4 is 101 Å². The van der Waals surface area contributed by atoms with Crippen LogP contribution in [-0.2, 0) is 38.1 Å². The van der Waals surface area contributed by atoms with E-state index in [1.807, 2.05) is 41.5 Å². The molecule has 8 aliphatic heterocycles. The smallest absolute Gasteiger partial charge is 0.251 e. The van der Waals surface area contributed by atoms with E-state index in [0.717, 1.165) is 80.8 Å². The molecule has 5 atom stereocenters. The number of carbonyl (C=O) groups excluding carboxylic acids is 8. The molecule has 40 heteroatoms. The molecule has 6 fully saturated rings. The number of methoxy groups -OCH3 is 4. The lowest BCUT2D eigenvalue weighted by Crippen LogP contribution is -2.46. The van der Waals surface area contributed by atoms with Crippen LogP contribution >= 0.6 is 0 Å². The fourth-order valence-electron chi connectivity index (χ4n) is 19.3. The molecule has 742 valence electrons. The highest BCUT2D eigenvalue weighted by atomic mass is 16.5. The van der Waals surface area contributed by atoms with Gasteiger partial charge in [0.1, 0.15) is 45.7 Å². The van der Waals surface area contributed by atoms with Crippen molar-refractivity contribution in [2.75, 3.05) is 210 Å². The highest BCUT2D eigenvalue weighted by Gasteiger charge is 2.46. The van der Waals surface area contributed by atoms with Gasteiger partial charge in [-0.3, -0.25) is 38.4 Å². The van der Waals surface area contributed by atoms with Crippen LogP contribution in [0.4, 0.5) is 92.6 Å². The van der Waals surface area contributed by atoms with Crippen LogP contribution in [0.15, 0.2) is 97.6 Å². The molecule has 2 aliphatic carbocycles. The largest absolute Gasteiger partial charge is 0.495 e. The predicted molar refractivity (Wildman–Crippen MR) is 530 cm³/mol. The first kappa shape index (κ1) is 99.9. The van der Waals surface area contributed by atoms with Crippen LogP contribution in [0.1, 0.15) is 166 Å². The molecular weight excluding hydrogens is 1780 g/mol. The van der Waals surface area contributed by atoms with E-state index in [2.05, 4.69) is 82.1 Å². The number of fused-ring (bicyclic) bond motifs is 4. The molecule has 139 heavy (non-hydrogen) atoms. The van der Waals surface area contributed by atoms with Gasteiger partial charge in [0.15, 0.2) is 23.3 Å². The molecule has 8 N–H and O–H groups in total. The van der Waals surface area contributed by atoms with Gasteiger partial charge in [-0.2, -0.15) is 19.9 Å². The van der Waals surface area contributed by atoms with Crippen molar-refractivity contribution >= 4 is 140 Å². The number of carbonyl (C=O) groups is 8. The molecule has 0 unspecified atom stereocenters. The number of ether oxygens (including phenoxy) is 8. The number of hydrogen-bond acceptors (Lipinski definition) is 32. The van der Waals surface area contributed by atoms with Gasteiger partial charge >= 0.3 is 0 Å². The quantitative estimate of drug-likeness (QED) is 0.0312. The Morgan fingerprint density at radius 2 is 0.662 bits per heavy atom. The molecule has 8 aromatic rings. The van der Waals surface area contributed by atoms with E-state index in [1.165, 1.54) is 39.9 Å². The lowest BCUT2D eigenvalue weighted by atomic mass is 9.91. The van der Waals surface area contributed by atoms with Crippen molar-refractivity contribution in [1.29, 1.82) is 0 Å². The van der Waals surface area contributed by atoms with Crippen molar-refractivity contribution in [3.8, 4) is 23.0 Å². The highest BCUT2D eigenvalue weighted by molar-refractivity contribution is 6.04. The third-order valence-corrected chi connectivity index (χ3v) is 27.2. The van der Waals surface area contributed by atoms with Crippen molar-refractivity contribution in [2.45, 2.75) is 161 Å². The average molecular weight is 1910 g/mol. The van der Waals surface area contributed by atoms with Crippen molar-refractivity contribution in [2.24, 2.45) is 22.7 Å². The third-order valence-electron chi connectivity index (χ3n) is 27.2. The number of hydrogen-bond donors (Lipinski definition) is 8. The topological polar surface area (TPSA) is 436 Å². The number of rotatable bonds is 22. The Balaban J connectivity index is 0.000000141. The monoisotopic (exact) mass is 1910 g/mol. The lowest BCUT2D eigenvalue weighted by molar-refractivity contribution is -0.126. The summed E-state index contributed by atoms with van der Waals surface area (Å²) in [6, 6.07) is 21.9. The zero-order chi connectivity index (χ0) is 98.7. The first-order valence-corrected chi connectivity index (χ1v) is 47.7. The van der Waals surface area contributed by atoms with Crippen LogP contribution in [0.5, 0.6) is 23.0 Å². The summed E-state index contributed by atoms with van der Waals surface area (Å²) in [5, 5.41) is 24.2. The fraction of sp³-hybridized carbons (Fsp3) is 0.515. The van der Waals surface area contributed by atoms with Crippen LogP contribution in [0.2, 0.25) is 0 Å². The Morgan fingerprint density at radius 1 is 0.367 bits per heavy atom. The maximum absolute atomic E-state index is 13.1. The number of amides is 8. The lowest BCUT2D eigenvalue weighted by Gasteiger charge is -2.33. The summed E-state index contributed by atoms with van der Waals surface area (Å²) in [5.41, 5.74) is 6.13. The second-order valence-corrected chi connectivity index (χ2v) is 37.9. The van der Waals surface area contributed by atoms with Crippen LogP contribution in [0.3, 0.4) is 0 Å². The van der Waals surface area contributed by atoms with E-state index in [0.29, 0.717) is 206 Å². The van der Waals surface area contributed by atoms with Gasteiger partial charge in [-0.25, -0.2) is 19.9 Å². The van der Waals surface area contributed by atoms with E-state index in [4.69, 9.17) is 57.8 Å². The van der Waals surface area contributed by atoms with Gasteiger partial charge < -0.3 is 120 Å². The van der Waals surface area contributed by atoms with Crippen LogP contribution in [-0.4, -0.2) is 273 Å². The maximum atomic E-state index is 13.1. The van der Waals surface area contributed by atoms with Gasteiger partial charge in [0.05, 0.1) is 137 Å². The molecule has 8 amide bonds. The summed E-state index contributed by atoms with van der Waals surface area (Å²) in [7, 11) is 16.5. The summed E-state index contributed by atoms with van der Waals surface area (Å²) >= 11 is 0. The van der Waals surface area contributed by atoms with Crippen LogP contribution in [0.25, 0.3) is 0 Å². The average Bonchev–Trinajstić information content (AvgIpc) is 1.58. The van der Waals surface area contributed by atoms with Gasteiger partial charge in [-0.05, 0) is 158 Å². The first-order valence-electron chi connectivity index (χ1n) is 47.7. The number of nitrogens with one attached hydrogen (secondary N) is 8. The van der Waals surface area contributed by atoms with Gasteiger partial charge in [-0.15, -0.1) is 0 Å². The Morgan fingerprint density at radius 3 is 0.971 bits per heavy atom. The summed E-state index contributed by atoms with van der Waals surface area (Å²) in [6.45, 7) is 19.2. The fourth-order valence-corrected chi connectivity index (χ4v) is 19.3. The molecular formula is C99H130N24O16. The molecule has 4 aromatic carbocycles. The second-order valence-electron chi connectivity index (χ2n) is 37.9. The zero-order valence-electron chi connectivity index (χ0n) is 82.2. The number of anilines is 16. The summed E-state index contributed by atoms with van der Waals surface area (Å²) in [6.07, 6.45) is 20.1. The van der Waals surface area contributed by atoms with E-state index in [-0.39, 0.29) is 83.3 Å². The Labute approximate surface area is 810 Å². The number of benzene rings is 4. The summed E-state index contributed by atoms with van der Waals surface area (Å²) in [4.78, 5) is 154. The summed E-state index contributed by atoms with van der Waals surface area (Å²) < 4.78 is 44.1. The zero-order valence-corrected chi connectivity index (χ0v) is 82.2. The predicted octanol–water partition coefficient (Wildman–Crippen LogP) is 11.0. The van der Waals surface area contributed by atoms with Gasteiger partial charge in [0.25, 0.3) is 23.6 Å². The maximum Gasteiger partial charge on any atom is 0.251 e. The van der Waals surface area contributed by atoms with Crippen molar-refractivity contribution < 1.29 is 76.3 Å². The highest BCUT2D eigenvalue weighted by Crippen LogP contribution is 2.46. The van der Waals surface area contributed by atoms with Gasteiger partial charge in [-0.1, -0.05) is 39.5 Å². The molecule has 4 saturated heterocycles. The minimum absolute atomic E-state index is 0.0148. The molecule has 18 rings (SSSR count). The van der Waals surface area contributed by atoms with Gasteiger partial charge in [0, 0.05) is 142 Å². The molecule has 12 heterocycles. The number of nitrogens with zero attached hydrogens (tertiary/aromatic N) is 16. The van der Waals surface area contributed by atoms with Crippen molar-refractivity contribution in [1.82, 2.24) is 61.1 Å². The Kier molecular flexibility index (Phi) is 31.6. The molecule has 40 nitrogen and oxygen atoms in total. The van der Waals surface area contributed by atoms with E-state index >= 15 is 0 Å². The van der Waals surface area contributed by atoms with Crippen molar-refractivity contribution in [3.63, 3.8) is 0 Å². The third kappa shape index (κ3) is 22.6. The molecule has 2 saturated carbocycles. The standard InChI is InChI=1S/C27H36N6O4.C26H34N6O4.2C23H30N6O4/c1-17-16-33(20-6-4-5-7-20)24-22(32(2)26(17)35)15-28-27(31-24)30-21-9-8-18(14-23(21)36-3)25(34)29-19-10-12-37-13-11-19;1-16-14-32(19-6-4-5-7-19)23-21(31(2)25(16)34)13-27-26(30-23)29-20-9-8-17(12-22(20)35-3)24(33)28-18-10-11-36-15-18;2*1-23(2)13-29(15-8-9-33-12-15)19-17(28(4)21(23)31)11-25-22(27-19)26-16-7-6-14(20(30)24-3)10-18(16)32-5/h8-9,14-15,17,19-20H,4-7,10-13,16H2,1-3H3,(H,29,34)(H,28,30,31);8-9,12-13,16,18-19H,4-7,10-11,14-15H2,1-3H3,(H,28,33)(H,27,29,30);2*6-7,10-11,15H,8-9,12-13H2,1-5H3,(H,24,30)(H,25,26,27)/t17-;16-,18+;2*15-/m1110/s1. The van der Waals surface area contributed by atoms with Crippen molar-refractivity contribution in [3.05, 3.63) is 120 Å². The Bertz CT molecular complexity index is 5630. The molecule has 0 bridgehead atoms. The second kappa shape index (κ2) is 44.0. The molecule has 4 aromatic heterocycles. The van der Waals surface area contributed by atoms with E-state index in [9.17, 15) is 38.4 Å². The first-order chi connectivity index (χ1) is 66.9. The number of aromatic nitrogens is 8. The minimum Gasteiger partial charge on any atom is -0.495 e. The van der Waals surface area contributed by atoms with Crippen LogP contribution in [0, 0.1) is 22.7 Å². The summed E-state index contributed by atoms with van der Waals surface area (Å²) in [5.74, 6) is 5.69. The van der Waals surface area contributed by atoms with Gasteiger partial charge in [0.2, 0.25) is 47.4 Å². The Hall–Kier alpha value is -13.6. The van der Waals surface area contributed by atoms with E-state index in [1.54, 1.807) is 174 Å². The molecule has 0 spiro atoms.